The van der Waals surface area contributed by atoms with E-state index in [-0.39, 0.29) is 36.0 Å². The molecule has 0 N–H and O–H groups in total. The molecule has 1 aromatic carbocycles. The Morgan fingerprint density at radius 1 is 1.23 bits per heavy atom. The number of aryl methyl sites for hydroxylation is 1. The lowest BCUT2D eigenvalue weighted by Crippen LogP contribution is -2.40. The van der Waals surface area contributed by atoms with Gasteiger partial charge < -0.3 is 13.9 Å². The Labute approximate surface area is 177 Å². The number of carbonyl (C=O) groups is 1. The van der Waals surface area contributed by atoms with Crippen molar-refractivity contribution in [2.45, 2.75) is 18.4 Å². The first-order valence-electron chi connectivity index (χ1n) is 9.17. The Balaban J connectivity index is 1.47. The van der Waals surface area contributed by atoms with Gasteiger partial charge in [-0.05, 0) is 36.1 Å². The summed E-state index contributed by atoms with van der Waals surface area (Å²) in [5.74, 6) is -0.172. The Morgan fingerprint density at radius 2 is 2.03 bits per heavy atom. The molecule has 1 saturated heterocycles. The minimum absolute atomic E-state index is 0.0802. The molecule has 0 saturated carbocycles. The molecule has 30 heavy (non-hydrogen) atoms. The lowest BCUT2D eigenvalue weighted by Gasteiger charge is -2.26. The van der Waals surface area contributed by atoms with Gasteiger partial charge >= 0.3 is 5.97 Å². The molecule has 2 aromatic heterocycles. The number of carbonyl (C=O) groups excluding carboxylic acids is 1. The molecular weight excluding hydrogens is 430 g/mol. The van der Waals surface area contributed by atoms with E-state index < -0.39 is 16.0 Å². The van der Waals surface area contributed by atoms with Gasteiger partial charge in [-0.25, -0.2) is 13.2 Å². The molecule has 0 spiro atoms. The highest BCUT2D eigenvalue weighted by Gasteiger charge is 2.28. The lowest BCUT2D eigenvalue weighted by molar-refractivity contribution is 0.0438. The van der Waals surface area contributed by atoms with Gasteiger partial charge in [-0.15, -0.1) is 21.5 Å². The molecule has 11 heteroatoms. The van der Waals surface area contributed by atoms with Crippen LogP contribution in [-0.4, -0.2) is 55.2 Å². The van der Waals surface area contributed by atoms with Crippen LogP contribution in [0.5, 0.6) is 0 Å². The monoisotopic (exact) mass is 449 g/mol. The number of ether oxygens (including phenoxy) is 2. The van der Waals surface area contributed by atoms with Crippen molar-refractivity contribution in [2.24, 2.45) is 0 Å². The van der Waals surface area contributed by atoms with Crippen LogP contribution < -0.4 is 0 Å². The van der Waals surface area contributed by atoms with E-state index in [1.807, 2.05) is 17.5 Å². The summed E-state index contributed by atoms with van der Waals surface area (Å²) in [7, 11) is -3.73. The molecule has 1 aliphatic heterocycles. The molecule has 158 valence electrons. The van der Waals surface area contributed by atoms with Crippen LogP contribution in [0.4, 0.5) is 0 Å². The van der Waals surface area contributed by atoms with E-state index in [9.17, 15) is 13.2 Å². The van der Waals surface area contributed by atoms with E-state index in [4.69, 9.17) is 13.9 Å². The van der Waals surface area contributed by atoms with Crippen LogP contribution in [0.15, 0.2) is 45.0 Å². The number of rotatable bonds is 6. The van der Waals surface area contributed by atoms with Gasteiger partial charge in [0.1, 0.15) is 0 Å². The van der Waals surface area contributed by atoms with Crippen LogP contribution in [0, 0.1) is 6.92 Å². The average Bonchev–Trinajstić information content (AvgIpc) is 3.45. The third kappa shape index (κ3) is 4.29. The summed E-state index contributed by atoms with van der Waals surface area (Å²) >= 11 is 1.45. The number of hydrogen-bond donors (Lipinski definition) is 0. The first-order chi connectivity index (χ1) is 14.4. The van der Waals surface area contributed by atoms with Gasteiger partial charge in [0.15, 0.2) is 6.61 Å². The first kappa shape index (κ1) is 20.7. The summed E-state index contributed by atoms with van der Waals surface area (Å²) in [6.07, 6.45) is 0. The summed E-state index contributed by atoms with van der Waals surface area (Å²) in [5.41, 5.74) is 0.681. The second-order valence-electron chi connectivity index (χ2n) is 6.55. The zero-order valence-corrected chi connectivity index (χ0v) is 17.7. The Morgan fingerprint density at radius 3 is 2.77 bits per heavy atom. The molecule has 0 bridgehead atoms. The van der Waals surface area contributed by atoms with E-state index in [0.29, 0.717) is 24.7 Å². The van der Waals surface area contributed by atoms with Gasteiger partial charge in [-0.2, -0.15) is 4.31 Å². The molecule has 4 rings (SSSR count). The standard InChI is InChI=1S/C19H19N3O6S2/c1-13-4-5-14(11-16(13)30(24,25)22-6-8-26-9-7-22)19(23)27-12-17-20-21-18(28-17)15-3-2-10-29-15/h2-5,10-11H,6-9,12H2,1H3. The third-order valence-electron chi connectivity index (χ3n) is 4.54. The predicted molar refractivity (Wildman–Crippen MR) is 107 cm³/mol. The van der Waals surface area contributed by atoms with Gasteiger partial charge in [-0.3, -0.25) is 0 Å². The van der Waals surface area contributed by atoms with E-state index in [0.717, 1.165) is 4.88 Å². The number of morpholine rings is 1. The fourth-order valence-corrected chi connectivity index (χ4v) is 5.26. The molecular formula is C19H19N3O6S2. The summed E-state index contributed by atoms with van der Waals surface area (Å²) in [4.78, 5) is 13.4. The molecule has 0 unspecified atom stereocenters. The third-order valence-corrected chi connectivity index (χ3v) is 7.44. The minimum Gasteiger partial charge on any atom is -0.452 e. The molecule has 0 radical (unpaired) electrons. The summed E-state index contributed by atoms with van der Waals surface area (Å²) in [6, 6.07) is 8.17. The fourth-order valence-electron chi connectivity index (χ4n) is 2.95. The number of thiophene rings is 1. The molecule has 3 aromatic rings. The largest absolute Gasteiger partial charge is 0.452 e. The van der Waals surface area contributed by atoms with Gasteiger partial charge in [0.05, 0.1) is 28.5 Å². The Bertz CT molecular complexity index is 1130. The van der Waals surface area contributed by atoms with Gasteiger partial charge in [0.2, 0.25) is 10.0 Å². The van der Waals surface area contributed by atoms with Crippen molar-refractivity contribution in [3.63, 3.8) is 0 Å². The van der Waals surface area contributed by atoms with Crippen molar-refractivity contribution >= 4 is 27.3 Å². The quantitative estimate of drug-likeness (QED) is 0.528. The molecule has 0 amide bonds. The first-order valence-corrected chi connectivity index (χ1v) is 11.5. The molecule has 1 fully saturated rings. The summed E-state index contributed by atoms with van der Waals surface area (Å²) in [6.45, 7) is 2.72. The zero-order valence-electron chi connectivity index (χ0n) is 16.1. The smallest absolute Gasteiger partial charge is 0.338 e. The maximum absolute atomic E-state index is 13.0. The number of sulfonamides is 1. The van der Waals surface area contributed by atoms with Crippen LogP contribution in [0.1, 0.15) is 21.8 Å². The molecule has 0 aliphatic carbocycles. The van der Waals surface area contributed by atoms with Crippen LogP contribution >= 0.6 is 11.3 Å². The highest BCUT2D eigenvalue weighted by atomic mass is 32.2. The van der Waals surface area contributed by atoms with Crippen molar-refractivity contribution in [3.05, 3.63) is 52.7 Å². The average molecular weight is 450 g/mol. The molecule has 1 aliphatic rings. The number of hydrogen-bond acceptors (Lipinski definition) is 9. The Hall–Kier alpha value is -2.60. The number of esters is 1. The van der Waals surface area contributed by atoms with E-state index >= 15 is 0 Å². The minimum atomic E-state index is -3.73. The second kappa shape index (κ2) is 8.64. The predicted octanol–water partition coefficient (Wildman–Crippen LogP) is 2.48. The highest BCUT2D eigenvalue weighted by Crippen LogP contribution is 2.24. The molecule has 3 heterocycles. The number of aromatic nitrogens is 2. The second-order valence-corrected chi connectivity index (χ2v) is 9.41. The molecule has 9 nitrogen and oxygen atoms in total. The maximum Gasteiger partial charge on any atom is 0.338 e. The fraction of sp³-hybridized carbons (Fsp3) is 0.316. The van der Waals surface area contributed by atoms with Gasteiger partial charge in [-0.1, -0.05) is 12.1 Å². The van der Waals surface area contributed by atoms with Gasteiger partial charge in [0, 0.05) is 13.1 Å². The molecule has 0 atom stereocenters. The summed E-state index contributed by atoms with van der Waals surface area (Å²) < 4.78 is 43.2. The van der Waals surface area contributed by atoms with Crippen LogP contribution in [0.25, 0.3) is 10.8 Å². The van der Waals surface area contributed by atoms with Crippen molar-refractivity contribution in [1.82, 2.24) is 14.5 Å². The lowest BCUT2D eigenvalue weighted by atomic mass is 10.1. The highest BCUT2D eigenvalue weighted by molar-refractivity contribution is 7.89. The van der Waals surface area contributed by atoms with Crippen molar-refractivity contribution in [3.8, 4) is 10.8 Å². The van der Waals surface area contributed by atoms with Crippen molar-refractivity contribution in [2.75, 3.05) is 26.3 Å². The van der Waals surface area contributed by atoms with E-state index in [2.05, 4.69) is 10.2 Å². The Kier molecular flexibility index (Phi) is 5.95. The van der Waals surface area contributed by atoms with Gasteiger partial charge in [0.25, 0.3) is 11.8 Å². The number of benzene rings is 1. The topological polar surface area (TPSA) is 112 Å². The summed E-state index contributed by atoms with van der Waals surface area (Å²) in [5, 5.41) is 9.68. The van der Waals surface area contributed by atoms with Crippen molar-refractivity contribution in [1.29, 1.82) is 0 Å². The van der Waals surface area contributed by atoms with Crippen LogP contribution in [0.2, 0.25) is 0 Å². The number of nitrogens with zero attached hydrogens (tertiary/aromatic N) is 3. The zero-order chi connectivity index (χ0) is 21.1. The maximum atomic E-state index is 13.0. The normalized spacial score (nSPS) is 15.2. The van der Waals surface area contributed by atoms with E-state index in [1.54, 1.807) is 13.0 Å². The SMILES string of the molecule is Cc1ccc(C(=O)OCc2nnc(-c3cccs3)o2)cc1S(=O)(=O)N1CCOCC1. The van der Waals surface area contributed by atoms with Crippen molar-refractivity contribution < 1.29 is 27.1 Å². The van der Waals surface area contributed by atoms with Crippen LogP contribution in [-0.2, 0) is 26.1 Å². The van der Waals surface area contributed by atoms with Crippen LogP contribution in [0.3, 0.4) is 0 Å². The van der Waals surface area contributed by atoms with E-state index in [1.165, 1.54) is 27.8 Å².